The summed E-state index contributed by atoms with van der Waals surface area (Å²) >= 11 is 0. The summed E-state index contributed by atoms with van der Waals surface area (Å²) in [5.41, 5.74) is 0.940. The SMILES string of the molecule is O=C(O)[C@@H]1CCCCN1Cc1ccccn1. The highest BCUT2D eigenvalue weighted by atomic mass is 16.4. The smallest absolute Gasteiger partial charge is 0.320 e. The number of hydrogen-bond donors (Lipinski definition) is 1. The van der Waals surface area contributed by atoms with Crippen molar-refractivity contribution in [2.75, 3.05) is 6.54 Å². The van der Waals surface area contributed by atoms with Crippen molar-refractivity contribution in [3.63, 3.8) is 0 Å². The van der Waals surface area contributed by atoms with Crippen LogP contribution in [0.1, 0.15) is 25.0 Å². The Morgan fingerprint density at radius 1 is 1.50 bits per heavy atom. The predicted molar refractivity (Wildman–Crippen MR) is 59.9 cm³/mol. The average Bonchev–Trinajstić information content (AvgIpc) is 2.31. The minimum absolute atomic E-state index is 0.337. The average molecular weight is 220 g/mol. The van der Waals surface area contributed by atoms with Crippen LogP contribution in [0.5, 0.6) is 0 Å². The molecule has 2 heterocycles. The van der Waals surface area contributed by atoms with Crippen molar-refractivity contribution >= 4 is 5.97 Å². The Morgan fingerprint density at radius 2 is 2.38 bits per heavy atom. The first-order valence-corrected chi connectivity index (χ1v) is 5.64. The number of aliphatic carboxylic acids is 1. The zero-order chi connectivity index (χ0) is 11.4. The number of carboxylic acids is 1. The predicted octanol–water partition coefficient (Wildman–Crippen LogP) is 1.52. The largest absolute Gasteiger partial charge is 0.480 e. The molecule has 0 bridgehead atoms. The Morgan fingerprint density at radius 3 is 3.06 bits per heavy atom. The van der Waals surface area contributed by atoms with Crippen molar-refractivity contribution < 1.29 is 9.90 Å². The Balaban J connectivity index is 2.04. The molecule has 1 saturated heterocycles. The fraction of sp³-hybridized carbons (Fsp3) is 0.500. The number of aromatic nitrogens is 1. The molecule has 0 aromatic carbocycles. The van der Waals surface area contributed by atoms with E-state index in [-0.39, 0.29) is 6.04 Å². The molecule has 1 fully saturated rings. The van der Waals surface area contributed by atoms with Crippen LogP contribution in [-0.2, 0) is 11.3 Å². The van der Waals surface area contributed by atoms with Crippen molar-refractivity contribution in [1.29, 1.82) is 0 Å². The first-order chi connectivity index (χ1) is 7.77. The molecule has 1 aromatic heterocycles. The molecule has 0 unspecified atom stereocenters. The summed E-state index contributed by atoms with van der Waals surface area (Å²) in [7, 11) is 0. The lowest BCUT2D eigenvalue weighted by Crippen LogP contribution is -2.44. The van der Waals surface area contributed by atoms with Crippen molar-refractivity contribution in [2.45, 2.75) is 31.8 Å². The van der Waals surface area contributed by atoms with E-state index in [4.69, 9.17) is 5.11 Å². The number of rotatable bonds is 3. The van der Waals surface area contributed by atoms with Crippen molar-refractivity contribution in [2.24, 2.45) is 0 Å². The highest BCUT2D eigenvalue weighted by molar-refractivity contribution is 5.73. The van der Waals surface area contributed by atoms with Gasteiger partial charge in [-0.05, 0) is 31.5 Å². The molecule has 0 saturated carbocycles. The van der Waals surface area contributed by atoms with Crippen LogP contribution < -0.4 is 0 Å². The van der Waals surface area contributed by atoms with Gasteiger partial charge >= 0.3 is 5.97 Å². The third kappa shape index (κ3) is 2.58. The summed E-state index contributed by atoms with van der Waals surface area (Å²) in [6.45, 7) is 1.49. The Kier molecular flexibility index (Phi) is 3.51. The first kappa shape index (κ1) is 11.1. The number of carboxylic acid groups (broad SMARTS) is 1. The minimum atomic E-state index is -0.712. The van der Waals surface area contributed by atoms with Gasteiger partial charge in [0.25, 0.3) is 0 Å². The van der Waals surface area contributed by atoms with Gasteiger partial charge in [-0.25, -0.2) is 0 Å². The summed E-state index contributed by atoms with van der Waals surface area (Å²) < 4.78 is 0. The molecule has 1 atom stereocenters. The lowest BCUT2D eigenvalue weighted by Gasteiger charge is -2.32. The van der Waals surface area contributed by atoms with Gasteiger partial charge in [0.2, 0.25) is 0 Å². The monoisotopic (exact) mass is 220 g/mol. The van der Waals surface area contributed by atoms with Crippen LogP contribution in [0.3, 0.4) is 0 Å². The fourth-order valence-electron chi connectivity index (χ4n) is 2.16. The normalized spacial score (nSPS) is 21.9. The van der Waals surface area contributed by atoms with Gasteiger partial charge in [-0.3, -0.25) is 14.7 Å². The number of pyridine rings is 1. The third-order valence-corrected chi connectivity index (χ3v) is 2.99. The molecule has 0 aliphatic carbocycles. The Hall–Kier alpha value is -1.42. The second-order valence-corrected chi connectivity index (χ2v) is 4.14. The molecule has 0 amide bonds. The van der Waals surface area contributed by atoms with E-state index in [0.29, 0.717) is 6.54 Å². The minimum Gasteiger partial charge on any atom is -0.480 e. The summed E-state index contributed by atoms with van der Waals surface area (Å²) in [4.78, 5) is 17.3. The van der Waals surface area contributed by atoms with Crippen LogP contribution in [0.15, 0.2) is 24.4 Å². The van der Waals surface area contributed by atoms with E-state index in [0.717, 1.165) is 31.5 Å². The van der Waals surface area contributed by atoms with Crippen LogP contribution in [0.4, 0.5) is 0 Å². The van der Waals surface area contributed by atoms with Gasteiger partial charge in [-0.1, -0.05) is 12.5 Å². The van der Waals surface area contributed by atoms with Crippen LogP contribution in [-0.4, -0.2) is 33.5 Å². The molecule has 16 heavy (non-hydrogen) atoms. The van der Waals surface area contributed by atoms with Gasteiger partial charge < -0.3 is 5.11 Å². The molecule has 1 N–H and O–H groups in total. The van der Waals surface area contributed by atoms with Crippen molar-refractivity contribution in [3.8, 4) is 0 Å². The second kappa shape index (κ2) is 5.07. The van der Waals surface area contributed by atoms with E-state index in [1.807, 2.05) is 23.1 Å². The zero-order valence-corrected chi connectivity index (χ0v) is 9.17. The zero-order valence-electron chi connectivity index (χ0n) is 9.17. The number of carbonyl (C=O) groups is 1. The molecule has 4 nitrogen and oxygen atoms in total. The molecule has 0 radical (unpaired) electrons. The second-order valence-electron chi connectivity index (χ2n) is 4.14. The van der Waals surface area contributed by atoms with Crippen LogP contribution >= 0.6 is 0 Å². The highest BCUT2D eigenvalue weighted by Crippen LogP contribution is 2.19. The highest BCUT2D eigenvalue weighted by Gasteiger charge is 2.28. The summed E-state index contributed by atoms with van der Waals surface area (Å²) in [5, 5.41) is 9.12. The Bertz CT molecular complexity index is 353. The summed E-state index contributed by atoms with van der Waals surface area (Å²) in [6, 6.07) is 5.40. The van der Waals surface area contributed by atoms with E-state index in [9.17, 15) is 4.79 Å². The van der Waals surface area contributed by atoms with E-state index in [2.05, 4.69) is 4.98 Å². The van der Waals surface area contributed by atoms with Gasteiger partial charge in [0.15, 0.2) is 0 Å². The molecule has 0 spiro atoms. The third-order valence-electron chi connectivity index (χ3n) is 2.99. The van der Waals surface area contributed by atoms with Crippen LogP contribution in [0.2, 0.25) is 0 Å². The van der Waals surface area contributed by atoms with Crippen molar-refractivity contribution in [1.82, 2.24) is 9.88 Å². The summed E-state index contributed by atoms with van der Waals surface area (Å²) in [6.07, 6.45) is 4.59. The molecule has 2 rings (SSSR count). The lowest BCUT2D eigenvalue weighted by molar-refractivity contribution is -0.144. The number of hydrogen-bond acceptors (Lipinski definition) is 3. The topological polar surface area (TPSA) is 53.4 Å². The van der Waals surface area contributed by atoms with Gasteiger partial charge in [-0.2, -0.15) is 0 Å². The summed E-state index contributed by atoms with van der Waals surface area (Å²) in [5.74, 6) is -0.712. The Labute approximate surface area is 94.9 Å². The van der Waals surface area contributed by atoms with E-state index < -0.39 is 5.97 Å². The quantitative estimate of drug-likeness (QED) is 0.839. The molecular formula is C12H16N2O2. The molecule has 1 aromatic rings. The molecule has 1 aliphatic heterocycles. The molecular weight excluding hydrogens is 204 g/mol. The van der Waals surface area contributed by atoms with Crippen molar-refractivity contribution in [3.05, 3.63) is 30.1 Å². The maximum Gasteiger partial charge on any atom is 0.320 e. The maximum atomic E-state index is 11.1. The molecule has 4 heteroatoms. The molecule has 86 valence electrons. The molecule has 1 aliphatic rings. The standard InChI is InChI=1S/C12H16N2O2/c15-12(16)11-6-2-4-8-14(11)9-10-5-1-3-7-13-10/h1,3,5,7,11H,2,4,6,8-9H2,(H,15,16)/t11-/m0/s1. The van der Waals surface area contributed by atoms with Gasteiger partial charge in [0, 0.05) is 12.7 Å². The van der Waals surface area contributed by atoms with Crippen LogP contribution in [0.25, 0.3) is 0 Å². The van der Waals surface area contributed by atoms with Crippen LogP contribution in [0, 0.1) is 0 Å². The number of likely N-dealkylation sites (tertiary alicyclic amines) is 1. The van der Waals surface area contributed by atoms with E-state index in [1.54, 1.807) is 6.20 Å². The van der Waals surface area contributed by atoms with E-state index in [1.165, 1.54) is 0 Å². The lowest BCUT2D eigenvalue weighted by atomic mass is 10.0. The fourth-order valence-corrected chi connectivity index (χ4v) is 2.16. The first-order valence-electron chi connectivity index (χ1n) is 5.64. The maximum absolute atomic E-state index is 11.1. The van der Waals surface area contributed by atoms with Gasteiger partial charge in [-0.15, -0.1) is 0 Å². The van der Waals surface area contributed by atoms with Gasteiger partial charge in [0.05, 0.1) is 5.69 Å². The number of nitrogens with zero attached hydrogens (tertiary/aromatic N) is 2. The number of piperidine rings is 1. The van der Waals surface area contributed by atoms with Gasteiger partial charge in [0.1, 0.15) is 6.04 Å². The van der Waals surface area contributed by atoms with E-state index >= 15 is 0 Å².